The number of rotatable bonds is 6. The van der Waals surface area contributed by atoms with E-state index in [0.717, 1.165) is 29.5 Å². The molecule has 1 N–H and O–H groups in total. The zero-order chi connectivity index (χ0) is 23.3. The Morgan fingerprint density at radius 2 is 1.88 bits per heavy atom. The molecule has 0 saturated heterocycles. The summed E-state index contributed by atoms with van der Waals surface area (Å²) in [6, 6.07) is 17.8. The standard InChI is InChI=1S/C24H26N6OS/c1-6-30(17-10-8-7-9-11-17)18-12-13-20(21(14-18)26-23(31)24(3,4)5)27-28-22-19(15-25)16(2)29-32-22/h7-14H,6H2,1-5H3,(H,26,31)/b28-27+. The number of amides is 1. The van der Waals surface area contributed by atoms with Crippen LogP contribution in [0.15, 0.2) is 58.8 Å². The number of nitriles is 1. The van der Waals surface area contributed by atoms with Gasteiger partial charge < -0.3 is 10.2 Å². The maximum Gasteiger partial charge on any atom is 0.229 e. The third-order valence-corrected chi connectivity index (χ3v) is 5.63. The lowest BCUT2D eigenvalue weighted by Gasteiger charge is -2.25. The molecule has 0 aliphatic rings. The first-order valence-corrected chi connectivity index (χ1v) is 11.1. The third kappa shape index (κ3) is 5.18. The molecule has 0 aliphatic heterocycles. The van der Waals surface area contributed by atoms with Crippen molar-refractivity contribution in [1.29, 1.82) is 5.26 Å². The predicted octanol–water partition coefficient (Wildman–Crippen LogP) is 6.88. The number of aryl methyl sites for hydroxylation is 1. The van der Waals surface area contributed by atoms with Crippen LogP contribution in [0.2, 0.25) is 0 Å². The number of carbonyl (C=O) groups is 1. The van der Waals surface area contributed by atoms with Gasteiger partial charge in [-0.1, -0.05) is 39.0 Å². The number of para-hydroxylation sites is 1. The Morgan fingerprint density at radius 3 is 2.50 bits per heavy atom. The predicted molar refractivity (Wildman–Crippen MR) is 129 cm³/mol. The van der Waals surface area contributed by atoms with E-state index in [1.165, 1.54) is 0 Å². The summed E-state index contributed by atoms with van der Waals surface area (Å²) >= 11 is 1.12. The number of aromatic nitrogens is 1. The third-order valence-electron chi connectivity index (χ3n) is 4.81. The van der Waals surface area contributed by atoms with Crippen LogP contribution in [-0.2, 0) is 4.79 Å². The molecule has 0 fully saturated rings. The summed E-state index contributed by atoms with van der Waals surface area (Å²) in [5.74, 6) is -0.125. The van der Waals surface area contributed by atoms with E-state index in [-0.39, 0.29) is 5.91 Å². The van der Waals surface area contributed by atoms with Crippen LogP contribution in [0.25, 0.3) is 0 Å². The molecule has 0 aliphatic carbocycles. The normalized spacial score (nSPS) is 11.4. The van der Waals surface area contributed by atoms with Gasteiger partial charge in [0, 0.05) is 23.3 Å². The highest BCUT2D eigenvalue weighted by molar-refractivity contribution is 7.10. The number of azo groups is 1. The molecule has 32 heavy (non-hydrogen) atoms. The van der Waals surface area contributed by atoms with Crippen molar-refractivity contribution < 1.29 is 4.79 Å². The molecule has 8 heteroatoms. The van der Waals surface area contributed by atoms with Gasteiger partial charge in [0.15, 0.2) is 5.00 Å². The quantitative estimate of drug-likeness (QED) is 0.418. The van der Waals surface area contributed by atoms with E-state index in [2.05, 4.69) is 37.8 Å². The van der Waals surface area contributed by atoms with Crippen LogP contribution in [0.1, 0.15) is 39.0 Å². The first kappa shape index (κ1) is 23.1. The van der Waals surface area contributed by atoms with Gasteiger partial charge in [0.05, 0.1) is 11.4 Å². The van der Waals surface area contributed by atoms with E-state index in [1.54, 1.807) is 6.92 Å². The first-order valence-electron chi connectivity index (χ1n) is 10.3. The van der Waals surface area contributed by atoms with Crippen molar-refractivity contribution in [3.8, 4) is 6.07 Å². The number of anilines is 3. The number of hydrogen-bond acceptors (Lipinski definition) is 7. The lowest BCUT2D eigenvalue weighted by atomic mass is 9.95. The van der Waals surface area contributed by atoms with E-state index < -0.39 is 5.41 Å². The smallest absolute Gasteiger partial charge is 0.229 e. The van der Waals surface area contributed by atoms with Gasteiger partial charge in [-0.3, -0.25) is 4.79 Å². The van der Waals surface area contributed by atoms with Crippen LogP contribution >= 0.6 is 11.5 Å². The van der Waals surface area contributed by atoms with E-state index >= 15 is 0 Å². The van der Waals surface area contributed by atoms with E-state index in [9.17, 15) is 10.1 Å². The Labute approximate surface area is 192 Å². The minimum absolute atomic E-state index is 0.125. The fourth-order valence-corrected chi connectivity index (χ4v) is 3.64. The molecule has 164 valence electrons. The molecule has 3 rings (SSSR count). The van der Waals surface area contributed by atoms with Crippen molar-refractivity contribution in [3.05, 3.63) is 59.8 Å². The minimum atomic E-state index is -0.572. The van der Waals surface area contributed by atoms with Gasteiger partial charge in [-0.2, -0.15) is 9.64 Å². The van der Waals surface area contributed by atoms with Crippen molar-refractivity contribution in [2.24, 2.45) is 15.6 Å². The van der Waals surface area contributed by atoms with Crippen molar-refractivity contribution in [2.45, 2.75) is 34.6 Å². The molecule has 0 spiro atoms. The fourth-order valence-electron chi connectivity index (χ4n) is 2.97. The van der Waals surface area contributed by atoms with Gasteiger partial charge in [-0.15, -0.1) is 10.2 Å². The van der Waals surface area contributed by atoms with E-state index in [4.69, 9.17) is 0 Å². The topological polar surface area (TPSA) is 93.7 Å². The fraction of sp³-hybridized carbons (Fsp3) is 0.292. The SMILES string of the molecule is CCN(c1ccccc1)c1ccc(/N=N/c2snc(C)c2C#N)c(NC(=O)C(C)(C)C)c1. The average Bonchev–Trinajstić information content (AvgIpc) is 3.13. The molecule has 3 aromatic rings. The minimum Gasteiger partial charge on any atom is -0.342 e. The summed E-state index contributed by atoms with van der Waals surface area (Å²) in [4.78, 5) is 14.9. The van der Waals surface area contributed by atoms with Gasteiger partial charge in [0.25, 0.3) is 0 Å². The molecule has 2 aromatic carbocycles. The summed E-state index contributed by atoms with van der Waals surface area (Å²) in [5, 5.41) is 21.4. The average molecular weight is 447 g/mol. The van der Waals surface area contributed by atoms with Gasteiger partial charge in [0.1, 0.15) is 17.3 Å². The van der Waals surface area contributed by atoms with Crippen molar-refractivity contribution in [1.82, 2.24) is 4.37 Å². The Bertz CT molecular complexity index is 1170. The van der Waals surface area contributed by atoms with Crippen LogP contribution in [0.5, 0.6) is 0 Å². The van der Waals surface area contributed by atoms with Gasteiger partial charge in [-0.25, -0.2) is 0 Å². The highest BCUT2D eigenvalue weighted by atomic mass is 32.1. The molecule has 0 saturated carbocycles. The molecule has 0 atom stereocenters. The van der Waals surface area contributed by atoms with Crippen LogP contribution < -0.4 is 10.2 Å². The Balaban J connectivity index is 2.03. The summed E-state index contributed by atoms with van der Waals surface area (Å²) in [7, 11) is 0. The van der Waals surface area contributed by atoms with E-state index in [0.29, 0.717) is 27.6 Å². The molecule has 1 aromatic heterocycles. The second-order valence-corrected chi connectivity index (χ2v) is 9.00. The summed E-state index contributed by atoms with van der Waals surface area (Å²) < 4.78 is 4.17. The first-order chi connectivity index (χ1) is 15.2. The zero-order valence-electron chi connectivity index (χ0n) is 18.9. The molecule has 0 unspecified atom stereocenters. The number of nitrogens with one attached hydrogen (secondary N) is 1. The lowest BCUT2D eigenvalue weighted by molar-refractivity contribution is -0.123. The Morgan fingerprint density at radius 1 is 1.16 bits per heavy atom. The maximum absolute atomic E-state index is 12.7. The Kier molecular flexibility index (Phi) is 7.01. The van der Waals surface area contributed by atoms with Crippen molar-refractivity contribution >= 4 is 45.2 Å². The second-order valence-electron chi connectivity index (χ2n) is 8.25. The molecule has 1 heterocycles. The number of hydrogen-bond donors (Lipinski definition) is 1. The van der Waals surface area contributed by atoms with Crippen LogP contribution in [0, 0.1) is 23.7 Å². The Hall–Kier alpha value is -3.57. The van der Waals surface area contributed by atoms with Crippen LogP contribution in [0.3, 0.4) is 0 Å². The largest absolute Gasteiger partial charge is 0.342 e. The van der Waals surface area contributed by atoms with Crippen molar-refractivity contribution in [2.75, 3.05) is 16.8 Å². The molecule has 0 radical (unpaired) electrons. The second kappa shape index (κ2) is 9.71. The number of benzene rings is 2. The highest BCUT2D eigenvalue weighted by Crippen LogP contribution is 2.36. The van der Waals surface area contributed by atoms with Crippen LogP contribution in [-0.4, -0.2) is 16.8 Å². The molecule has 1 amide bonds. The monoisotopic (exact) mass is 446 g/mol. The zero-order valence-corrected chi connectivity index (χ0v) is 19.7. The van der Waals surface area contributed by atoms with Gasteiger partial charge >= 0.3 is 0 Å². The molecular formula is C24H26N6OS. The lowest BCUT2D eigenvalue weighted by Crippen LogP contribution is -2.27. The maximum atomic E-state index is 12.7. The number of nitrogens with zero attached hydrogens (tertiary/aromatic N) is 5. The van der Waals surface area contributed by atoms with Gasteiger partial charge in [0.2, 0.25) is 5.91 Å². The van der Waals surface area contributed by atoms with Crippen LogP contribution in [0.4, 0.5) is 27.8 Å². The molecular weight excluding hydrogens is 420 g/mol. The van der Waals surface area contributed by atoms with Crippen molar-refractivity contribution in [3.63, 3.8) is 0 Å². The summed E-state index contributed by atoms with van der Waals surface area (Å²) in [6.45, 7) is 10.2. The van der Waals surface area contributed by atoms with Gasteiger partial charge in [-0.05, 0) is 55.7 Å². The summed E-state index contributed by atoms with van der Waals surface area (Å²) in [5.41, 5.74) is 3.51. The molecule has 0 bridgehead atoms. The summed E-state index contributed by atoms with van der Waals surface area (Å²) in [6.07, 6.45) is 0. The molecule has 7 nitrogen and oxygen atoms in total. The van der Waals surface area contributed by atoms with E-state index in [1.807, 2.05) is 69.3 Å². The highest BCUT2D eigenvalue weighted by Gasteiger charge is 2.23. The number of carbonyl (C=O) groups excluding carboxylic acids is 1.